The van der Waals surface area contributed by atoms with E-state index in [2.05, 4.69) is 16.3 Å². The summed E-state index contributed by atoms with van der Waals surface area (Å²) >= 11 is 0. The second-order valence-corrected chi connectivity index (χ2v) is 5.93. The molecule has 0 aliphatic heterocycles. The molecule has 1 N–H and O–H groups in total. The Morgan fingerprint density at radius 1 is 1.17 bits per heavy atom. The molecule has 5 heteroatoms. The van der Waals surface area contributed by atoms with Gasteiger partial charge in [-0.15, -0.1) is 0 Å². The van der Waals surface area contributed by atoms with Crippen molar-refractivity contribution in [1.29, 1.82) is 0 Å². The van der Waals surface area contributed by atoms with E-state index in [4.69, 9.17) is 4.74 Å². The van der Waals surface area contributed by atoms with Crippen LogP contribution in [0.5, 0.6) is 5.75 Å². The van der Waals surface area contributed by atoms with Gasteiger partial charge in [0.2, 0.25) is 5.91 Å². The lowest BCUT2D eigenvalue weighted by atomic mass is 10.1. The predicted molar refractivity (Wildman–Crippen MR) is 92.3 cm³/mol. The van der Waals surface area contributed by atoms with Crippen LogP contribution in [0.4, 0.5) is 4.39 Å². The number of hydrogen-bond donors (Lipinski definition) is 1. The number of halogens is 1. The molecule has 0 saturated carbocycles. The van der Waals surface area contributed by atoms with E-state index in [1.165, 1.54) is 24.8 Å². The highest BCUT2D eigenvalue weighted by Gasteiger charge is 2.09. The van der Waals surface area contributed by atoms with Gasteiger partial charge in [0, 0.05) is 13.1 Å². The molecule has 0 saturated heterocycles. The van der Waals surface area contributed by atoms with Crippen molar-refractivity contribution >= 4 is 5.91 Å². The van der Waals surface area contributed by atoms with Crippen LogP contribution < -0.4 is 10.1 Å². The zero-order valence-electron chi connectivity index (χ0n) is 14.3. The number of ether oxygens (including phenoxy) is 1. The number of benzene rings is 2. The SMILES string of the molecule is COc1ccc(CC(=O)NCc2ccccc2CN(C)C)cc1F. The fraction of sp³-hybridized carbons (Fsp3) is 0.316. The summed E-state index contributed by atoms with van der Waals surface area (Å²) in [7, 11) is 5.43. The summed E-state index contributed by atoms with van der Waals surface area (Å²) in [6.45, 7) is 1.28. The highest BCUT2D eigenvalue weighted by molar-refractivity contribution is 5.78. The molecule has 0 aliphatic rings. The largest absolute Gasteiger partial charge is 0.494 e. The Balaban J connectivity index is 1.95. The molecule has 2 aromatic carbocycles. The third-order valence-corrected chi connectivity index (χ3v) is 3.66. The molecule has 24 heavy (non-hydrogen) atoms. The molecule has 2 aromatic rings. The number of amides is 1. The van der Waals surface area contributed by atoms with Gasteiger partial charge in [0.05, 0.1) is 13.5 Å². The van der Waals surface area contributed by atoms with Crippen LogP contribution in [0.25, 0.3) is 0 Å². The minimum Gasteiger partial charge on any atom is -0.494 e. The topological polar surface area (TPSA) is 41.6 Å². The van der Waals surface area contributed by atoms with Gasteiger partial charge in [-0.05, 0) is 42.9 Å². The maximum absolute atomic E-state index is 13.7. The highest BCUT2D eigenvalue weighted by atomic mass is 19.1. The smallest absolute Gasteiger partial charge is 0.224 e. The van der Waals surface area contributed by atoms with Crippen LogP contribution in [-0.2, 0) is 24.3 Å². The molecule has 0 unspecified atom stereocenters. The van der Waals surface area contributed by atoms with Gasteiger partial charge in [0.1, 0.15) is 0 Å². The molecule has 0 atom stereocenters. The molecule has 0 spiro atoms. The average Bonchev–Trinajstić information content (AvgIpc) is 2.54. The first kappa shape index (κ1) is 17.9. The molecule has 0 heterocycles. The molecular formula is C19H23FN2O2. The van der Waals surface area contributed by atoms with Gasteiger partial charge in [0.15, 0.2) is 11.6 Å². The van der Waals surface area contributed by atoms with E-state index in [1.807, 2.05) is 32.3 Å². The second kappa shape index (κ2) is 8.45. The molecule has 2 rings (SSSR count). The summed E-state index contributed by atoms with van der Waals surface area (Å²) in [6.07, 6.45) is 0.136. The number of rotatable bonds is 7. The van der Waals surface area contributed by atoms with E-state index in [9.17, 15) is 9.18 Å². The number of carbonyl (C=O) groups is 1. The molecule has 1 amide bonds. The molecule has 0 aromatic heterocycles. The van der Waals surface area contributed by atoms with Crippen LogP contribution in [0.2, 0.25) is 0 Å². The van der Waals surface area contributed by atoms with E-state index < -0.39 is 5.82 Å². The molecule has 0 bridgehead atoms. The van der Waals surface area contributed by atoms with Gasteiger partial charge in [-0.1, -0.05) is 30.3 Å². The van der Waals surface area contributed by atoms with Crippen LogP contribution in [0, 0.1) is 5.82 Å². The summed E-state index contributed by atoms with van der Waals surface area (Å²) in [5.74, 6) is -0.421. The normalized spacial score (nSPS) is 10.7. The lowest BCUT2D eigenvalue weighted by Crippen LogP contribution is -2.25. The number of methoxy groups -OCH3 is 1. The number of carbonyl (C=O) groups excluding carboxylic acids is 1. The third-order valence-electron chi connectivity index (χ3n) is 3.66. The number of nitrogens with one attached hydrogen (secondary N) is 1. The Morgan fingerprint density at radius 3 is 2.50 bits per heavy atom. The fourth-order valence-corrected chi connectivity index (χ4v) is 2.49. The number of hydrogen-bond acceptors (Lipinski definition) is 3. The molecule has 128 valence electrons. The maximum Gasteiger partial charge on any atom is 0.224 e. The van der Waals surface area contributed by atoms with Crippen LogP contribution in [-0.4, -0.2) is 32.0 Å². The Bertz CT molecular complexity index is 702. The van der Waals surface area contributed by atoms with Gasteiger partial charge in [-0.2, -0.15) is 0 Å². The minimum absolute atomic E-state index is 0.136. The van der Waals surface area contributed by atoms with Crippen molar-refractivity contribution in [2.24, 2.45) is 0 Å². The minimum atomic E-state index is -0.459. The van der Waals surface area contributed by atoms with Crippen molar-refractivity contribution in [1.82, 2.24) is 10.2 Å². The van der Waals surface area contributed by atoms with Crippen LogP contribution in [0.3, 0.4) is 0 Å². The van der Waals surface area contributed by atoms with Gasteiger partial charge in [0.25, 0.3) is 0 Å². The molecular weight excluding hydrogens is 307 g/mol. The van der Waals surface area contributed by atoms with Crippen molar-refractivity contribution in [3.05, 3.63) is 65.0 Å². The molecule has 4 nitrogen and oxygen atoms in total. The first-order valence-corrected chi connectivity index (χ1v) is 7.80. The summed E-state index contributed by atoms with van der Waals surface area (Å²) in [5.41, 5.74) is 2.88. The van der Waals surface area contributed by atoms with Crippen LogP contribution in [0.1, 0.15) is 16.7 Å². The first-order chi connectivity index (χ1) is 11.5. The predicted octanol–water partition coefficient (Wildman–Crippen LogP) is 2.75. The van der Waals surface area contributed by atoms with Crippen molar-refractivity contribution in [2.45, 2.75) is 19.5 Å². The molecule has 0 radical (unpaired) electrons. The summed E-state index contributed by atoms with van der Waals surface area (Å²) in [6, 6.07) is 12.6. The Morgan fingerprint density at radius 2 is 1.88 bits per heavy atom. The monoisotopic (exact) mass is 330 g/mol. The lowest BCUT2D eigenvalue weighted by Gasteiger charge is -2.14. The lowest BCUT2D eigenvalue weighted by molar-refractivity contribution is -0.120. The first-order valence-electron chi connectivity index (χ1n) is 7.80. The van der Waals surface area contributed by atoms with Crippen molar-refractivity contribution < 1.29 is 13.9 Å². The van der Waals surface area contributed by atoms with Gasteiger partial charge in [-0.25, -0.2) is 4.39 Å². The third kappa shape index (κ3) is 5.06. The Hall–Kier alpha value is -2.40. The summed E-state index contributed by atoms with van der Waals surface area (Å²) in [5, 5.41) is 2.90. The van der Waals surface area contributed by atoms with E-state index in [1.54, 1.807) is 6.07 Å². The van der Waals surface area contributed by atoms with Crippen LogP contribution in [0.15, 0.2) is 42.5 Å². The van der Waals surface area contributed by atoms with Gasteiger partial charge < -0.3 is 15.0 Å². The van der Waals surface area contributed by atoms with Crippen LogP contribution >= 0.6 is 0 Å². The Kier molecular flexibility index (Phi) is 6.32. The summed E-state index contributed by atoms with van der Waals surface area (Å²) in [4.78, 5) is 14.2. The zero-order valence-corrected chi connectivity index (χ0v) is 14.3. The molecule has 0 aliphatic carbocycles. The van der Waals surface area contributed by atoms with Crippen molar-refractivity contribution in [3.8, 4) is 5.75 Å². The second-order valence-electron chi connectivity index (χ2n) is 5.93. The summed E-state index contributed by atoms with van der Waals surface area (Å²) < 4.78 is 18.5. The number of nitrogens with zero attached hydrogens (tertiary/aromatic N) is 1. The molecule has 0 fully saturated rings. The van der Waals surface area contributed by atoms with Gasteiger partial charge in [-0.3, -0.25) is 4.79 Å². The zero-order chi connectivity index (χ0) is 17.5. The van der Waals surface area contributed by atoms with E-state index in [-0.39, 0.29) is 18.1 Å². The van der Waals surface area contributed by atoms with E-state index in [0.717, 1.165) is 12.1 Å². The quantitative estimate of drug-likeness (QED) is 0.849. The standard InChI is InChI=1S/C19H23FN2O2/c1-22(2)13-16-7-5-4-6-15(16)12-21-19(23)11-14-8-9-18(24-3)17(20)10-14/h4-10H,11-13H2,1-3H3,(H,21,23). The average molecular weight is 330 g/mol. The highest BCUT2D eigenvalue weighted by Crippen LogP contribution is 2.18. The van der Waals surface area contributed by atoms with E-state index >= 15 is 0 Å². The van der Waals surface area contributed by atoms with Crippen molar-refractivity contribution in [2.75, 3.05) is 21.2 Å². The van der Waals surface area contributed by atoms with Gasteiger partial charge >= 0.3 is 0 Å². The maximum atomic E-state index is 13.7. The van der Waals surface area contributed by atoms with E-state index in [0.29, 0.717) is 12.1 Å². The Labute approximate surface area is 142 Å². The van der Waals surface area contributed by atoms with Crippen molar-refractivity contribution in [3.63, 3.8) is 0 Å². The fourth-order valence-electron chi connectivity index (χ4n) is 2.49.